The summed E-state index contributed by atoms with van der Waals surface area (Å²) < 4.78 is 38.3. The summed E-state index contributed by atoms with van der Waals surface area (Å²) in [6.07, 6.45) is -2.36. The smallest absolute Gasteiger partial charge is 0.254 e. The highest BCUT2D eigenvalue weighted by atomic mass is 79.9. The molecule has 0 saturated heterocycles. The van der Waals surface area contributed by atoms with Gasteiger partial charge in [0, 0.05) is 4.47 Å². The monoisotopic (exact) mass is 281 g/mol. The Morgan fingerprint density at radius 3 is 2.47 bits per heavy atom. The summed E-state index contributed by atoms with van der Waals surface area (Å²) in [7, 11) is 1.46. The van der Waals surface area contributed by atoms with E-state index in [1.165, 1.54) is 19.2 Å². The number of halogens is 4. The minimum Gasteiger partial charge on any atom is -0.312 e. The van der Waals surface area contributed by atoms with Crippen molar-refractivity contribution in [2.24, 2.45) is 0 Å². The van der Waals surface area contributed by atoms with Crippen molar-refractivity contribution in [1.82, 2.24) is 5.32 Å². The van der Waals surface area contributed by atoms with Crippen LogP contribution in [-0.4, -0.2) is 19.5 Å². The van der Waals surface area contributed by atoms with Gasteiger partial charge in [0.05, 0.1) is 6.04 Å². The van der Waals surface area contributed by atoms with Gasteiger partial charge in [0.25, 0.3) is 6.43 Å². The zero-order valence-corrected chi connectivity index (χ0v) is 9.69. The molecular weight excluding hydrogens is 271 g/mol. The second kappa shape index (κ2) is 5.51. The summed E-state index contributed by atoms with van der Waals surface area (Å²) >= 11 is 3.11. The molecule has 1 rings (SSSR count). The van der Waals surface area contributed by atoms with Crippen molar-refractivity contribution in [3.63, 3.8) is 0 Å². The van der Waals surface area contributed by atoms with Crippen LogP contribution in [0.25, 0.3) is 0 Å². The van der Waals surface area contributed by atoms with Crippen LogP contribution in [0.2, 0.25) is 0 Å². The fourth-order valence-electron chi connectivity index (χ4n) is 1.30. The average Bonchev–Trinajstić information content (AvgIpc) is 2.12. The molecule has 15 heavy (non-hydrogen) atoms. The van der Waals surface area contributed by atoms with Crippen LogP contribution in [0.5, 0.6) is 0 Å². The normalized spacial score (nSPS) is 13.2. The molecule has 5 heteroatoms. The van der Waals surface area contributed by atoms with Crippen LogP contribution in [0.15, 0.2) is 22.7 Å². The van der Waals surface area contributed by atoms with E-state index >= 15 is 0 Å². The van der Waals surface area contributed by atoms with Gasteiger partial charge in [0.2, 0.25) is 0 Å². The molecule has 0 aliphatic rings. The van der Waals surface area contributed by atoms with Crippen molar-refractivity contribution in [2.75, 3.05) is 7.05 Å². The van der Waals surface area contributed by atoms with Crippen LogP contribution >= 0.6 is 15.9 Å². The molecule has 0 radical (unpaired) electrons. The number of nitrogens with one attached hydrogen (secondary N) is 1. The maximum Gasteiger partial charge on any atom is 0.254 e. The van der Waals surface area contributed by atoms with E-state index in [1.54, 1.807) is 6.07 Å². The second-order valence-corrected chi connectivity index (χ2v) is 4.13. The van der Waals surface area contributed by atoms with Crippen molar-refractivity contribution in [2.45, 2.75) is 18.9 Å². The third-order valence-corrected chi connectivity index (χ3v) is 2.51. The molecule has 0 fully saturated rings. The predicted molar refractivity (Wildman–Crippen MR) is 56.7 cm³/mol. The van der Waals surface area contributed by atoms with Gasteiger partial charge in [0.1, 0.15) is 5.82 Å². The van der Waals surface area contributed by atoms with Crippen LogP contribution in [0.4, 0.5) is 13.2 Å². The molecule has 0 spiro atoms. The molecule has 1 N–H and O–H groups in total. The summed E-state index contributed by atoms with van der Waals surface area (Å²) in [6, 6.07) is 3.24. The standard InChI is InChI=1S/C10H11BrF3N/c1-15-9(10(13)14)4-6-2-7(11)5-8(12)3-6/h2-3,5,9-10,15H,4H2,1H3. The summed E-state index contributed by atoms with van der Waals surface area (Å²) in [6.45, 7) is 0. The highest BCUT2D eigenvalue weighted by Gasteiger charge is 2.18. The zero-order chi connectivity index (χ0) is 11.4. The van der Waals surface area contributed by atoms with E-state index in [0.717, 1.165) is 0 Å². The Morgan fingerprint density at radius 2 is 2.00 bits per heavy atom. The van der Waals surface area contributed by atoms with Crippen molar-refractivity contribution < 1.29 is 13.2 Å². The number of likely N-dealkylation sites (N-methyl/N-ethyl adjacent to an activating group) is 1. The van der Waals surface area contributed by atoms with Crippen molar-refractivity contribution >= 4 is 15.9 Å². The lowest BCUT2D eigenvalue weighted by molar-refractivity contribution is 0.102. The molecule has 0 aliphatic carbocycles. The topological polar surface area (TPSA) is 12.0 Å². The molecule has 0 bridgehead atoms. The van der Waals surface area contributed by atoms with E-state index in [4.69, 9.17) is 0 Å². The molecule has 0 heterocycles. The Labute approximate surface area is 94.8 Å². The van der Waals surface area contributed by atoms with E-state index in [9.17, 15) is 13.2 Å². The van der Waals surface area contributed by atoms with Gasteiger partial charge in [-0.05, 0) is 37.2 Å². The fraction of sp³-hybridized carbons (Fsp3) is 0.400. The molecule has 0 aliphatic heterocycles. The van der Waals surface area contributed by atoms with E-state index in [0.29, 0.717) is 10.0 Å². The highest BCUT2D eigenvalue weighted by molar-refractivity contribution is 9.10. The third kappa shape index (κ3) is 3.83. The number of rotatable bonds is 4. The van der Waals surface area contributed by atoms with Gasteiger partial charge in [-0.15, -0.1) is 0 Å². The minimum absolute atomic E-state index is 0.102. The molecule has 1 aromatic rings. The molecular formula is C10H11BrF3N. The van der Waals surface area contributed by atoms with E-state index in [1.807, 2.05) is 0 Å². The lowest BCUT2D eigenvalue weighted by Gasteiger charge is -2.15. The Bertz CT molecular complexity index is 310. The highest BCUT2D eigenvalue weighted by Crippen LogP contribution is 2.17. The van der Waals surface area contributed by atoms with Gasteiger partial charge in [-0.2, -0.15) is 0 Å². The fourth-order valence-corrected chi connectivity index (χ4v) is 1.81. The largest absolute Gasteiger partial charge is 0.312 e. The second-order valence-electron chi connectivity index (χ2n) is 3.21. The minimum atomic E-state index is -2.46. The zero-order valence-electron chi connectivity index (χ0n) is 8.11. The molecule has 1 unspecified atom stereocenters. The predicted octanol–water partition coefficient (Wildman–Crippen LogP) is 2.98. The molecule has 0 saturated carbocycles. The van der Waals surface area contributed by atoms with Gasteiger partial charge in [-0.25, -0.2) is 13.2 Å². The SMILES string of the molecule is CNC(Cc1cc(F)cc(Br)c1)C(F)F. The molecule has 0 amide bonds. The summed E-state index contributed by atoms with van der Waals surface area (Å²) in [5.41, 5.74) is 0.543. The Kier molecular flexibility index (Phi) is 4.60. The van der Waals surface area contributed by atoms with Crippen molar-refractivity contribution in [3.05, 3.63) is 34.1 Å². The van der Waals surface area contributed by atoms with Gasteiger partial charge in [-0.1, -0.05) is 15.9 Å². The number of benzene rings is 1. The first-order chi connectivity index (χ1) is 7.02. The van der Waals surface area contributed by atoms with Crippen LogP contribution in [0.3, 0.4) is 0 Å². The first-order valence-electron chi connectivity index (χ1n) is 4.43. The maximum absolute atomic E-state index is 12.9. The van der Waals surface area contributed by atoms with E-state index in [2.05, 4.69) is 21.2 Å². The summed E-state index contributed by atoms with van der Waals surface area (Å²) in [5, 5.41) is 2.50. The molecule has 1 atom stereocenters. The summed E-state index contributed by atoms with van der Waals surface area (Å²) in [5.74, 6) is -0.427. The Hall–Kier alpha value is -0.550. The van der Waals surface area contributed by atoms with Gasteiger partial charge < -0.3 is 5.32 Å². The van der Waals surface area contributed by atoms with Crippen LogP contribution in [0.1, 0.15) is 5.56 Å². The first kappa shape index (κ1) is 12.5. The number of hydrogen-bond acceptors (Lipinski definition) is 1. The molecule has 1 nitrogen and oxygen atoms in total. The first-order valence-corrected chi connectivity index (χ1v) is 5.22. The Balaban J connectivity index is 2.79. The van der Waals surface area contributed by atoms with E-state index < -0.39 is 18.3 Å². The third-order valence-electron chi connectivity index (χ3n) is 2.05. The average molecular weight is 282 g/mol. The Morgan fingerprint density at radius 1 is 1.33 bits per heavy atom. The lowest BCUT2D eigenvalue weighted by atomic mass is 10.1. The van der Waals surface area contributed by atoms with Gasteiger partial charge >= 0.3 is 0 Å². The quantitative estimate of drug-likeness (QED) is 0.895. The lowest BCUT2D eigenvalue weighted by Crippen LogP contribution is -2.34. The molecule has 0 aromatic heterocycles. The molecule has 1 aromatic carbocycles. The number of alkyl halides is 2. The van der Waals surface area contributed by atoms with Gasteiger partial charge in [0.15, 0.2) is 0 Å². The maximum atomic E-state index is 12.9. The molecule has 84 valence electrons. The van der Waals surface area contributed by atoms with Crippen LogP contribution in [-0.2, 0) is 6.42 Å². The van der Waals surface area contributed by atoms with Crippen LogP contribution in [0, 0.1) is 5.82 Å². The number of hydrogen-bond donors (Lipinski definition) is 1. The van der Waals surface area contributed by atoms with Crippen LogP contribution < -0.4 is 5.32 Å². The summed E-state index contributed by atoms with van der Waals surface area (Å²) in [4.78, 5) is 0. The van der Waals surface area contributed by atoms with Gasteiger partial charge in [-0.3, -0.25) is 0 Å². The van der Waals surface area contributed by atoms with Crippen molar-refractivity contribution in [1.29, 1.82) is 0 Å². The van der Waals surface area contributed by atoms with E-state index in [-0.39, 0.29) is 6.42 Å². The van der Waals surface area contributed by atoms with Crippen molar-refractivity contribution in [3.8, 4) is 0 Å².